The molecule has 1 aliphatic rings. The fourth-order valence-electron chi connectivity index (χ4n) is 2.52. The van der Waals surface area contributed by atoms with Crippen molar-refractivity contribution < 1.29 is 19.0 Å². The second kappa shape index (κ2) is 6.52. The minimum atomic E-state index is -0.508. The summed E-state index contributed by atoms with van der Waals surface area (Å²) in [6, 6.07) is 9.94. The molecular weight excluding hydrogens is 296 g/mol. The van der Waals surface area contributed by atoms with Crippen LogP contribution in [0.4, 0.5) is 0 Å². The fourth-order valence-corrected chi connectivity index (χ4v) is 2.52. The molecule has 122 valence electrons. The molecule has 1 aliphatic heterocycles. The van der Waals surface area contributed by atoms with Crippen molar-refractivity contribution in [2.45, 2.75) is 18.6 Å². The second-order valence-corrected chi connectivity index (χ2v) is 5.73. The summed E-state index contributed by atoms with van der Waals surface area (Å²) in [7, 11) is 1.60. The van der Waals surface area contributed by atoms with Crippen LogP contribution in [0.2, 0.25) is 0 Å². The van der Waals surface area contributed by atoms with E-state index in [0.29, 0.717) is 18.9 Å². The maximum atomic E-state index is 12.4. The lowest BCUT2D eigenvalue weighted by molar-refractivity contribution is -0.212. The summed E-state index contributed by atoms with van der Waals surface area (Å²) < 4.78 is 17.7. The Hall–Kier alpha value is -2.18. The lowest BCUT2D eigenvalue weighted by atomic mass is 10.0. The molecule has 6 heteroatoms. The van der Waals surface area contributed by atoms with Gasteiger partial charge in [0.1, 0.15) is 17.9 Å². The minimum Gasteiger partial charge on any atom is -0.458 e. The molecule has 1 atom stereocenters. The van der Waals surface area contributed by atoms with Gasteiger partial charge in [0.2, 0.25) is 0 Å². The van der Waals surface area contributed by atoms with Crippen molar-refractivity contribution in [1.82, 2.24) is 9.55 Å². The first kappa shape index (κ1) is 15.7. The van der Waals surface area contributed by atoms with Gasteiger partial charge >= 0.3 is 5.97 Å². The van der Waals surface area contributed by atoms with Gasteiger partial charge < -0.3 is 18.8 Å². The van der Waals surface area contributed by atoms with Crippen molar-refractivity contribution in [3.63, 3.8) is 0 Å². The van der Waals surface area contributed by atoms with E-state index in [0.717, 1.165) is 5.56 Å². The Labute approximate surface area is 135 Å². The Kier molecular flexibility index (Phi) is 4.45. The molecule has 1 saturated heterocycles. The van der Waals surface area contributed by atoms with E-state index in [2.05, 4.69) is 4.98 Å². The molecular formula is C17H20N2O4. The monoisotopic (exact) mass is 316 g/mol. The number of imidazole rings is 1. The number of rotatable bonds is 6. The molecule has 1 aromatic carbocycles. The van der Waals surface area contributed by atoms with Gasteiger partial charge in [-0.15, -0.1) is 0 Å². The zero-order valence-corrected chi connectivity index (χ0v) is 13.3. The number of aromatic nitrogens is 2. The molecule has 3 rings (SSSR count). The third-order valence-corrected chi connectivity index (χ3v) is 4.20. The maximum Gasteiger partial charge on any atom is 0.356 e. The van der Waals surface area contributed by atoms with E-state index in [1.165, 1.54) is 6.20 Å². The van der Waals surface area contributed by atoms with E-state index in [4.69, 9.17) is 14.2 Å². The van der Waals surface area contributed by atoms with Gasteiger partial charge in [-0.05, 0) is 12.5 Å². The zero-order valence-electron chi connectivity index (χ0n) is 13.3. The van der Waals surface area contributed by atoms with Gasteiger partial charge in [-0.25, -0.2) is 9.78 Å². The molecule has 2 aromatic rings. The topological polar surface area (TPSA) is 62.6 Å². The highest BCUT2D eigenvalue weighted by Gasteiger charge is 2.40. The van der Waals surface area contributed by atoms with Gasteiger partial charge in [-0.3, -0.25) is 0 Å². The number of ether oxygens (including phenoxy) is 3. The first-order valence-electron chi connectivity index (χ1n) is 7.52. The fraction of sp³-hybridized carbons (Fsp3) is 0.412. The molecule has 0 saturated carbocycles. The standard InChI is InChI=1S/C17H20N2O4/c1-13(14-6-4-3-5-7-14)19-12-18-8-15(19)16(20)23-11-17(21-2)9-22-10-17/h3-8,12-13H,9-11H2,1-2H3. The van der Waals surface area contributed by atoms with Crippen LogP contribution in [0.3, 0.4) is 0 Å². The van der Waals surface area contributed by atoms with Crippen LogP contribution in [0.5, 0.6) is 0 Å². The first-order chi connectivity index (χ1) is 11.2. The molecule has 0 spiro atoms. The van der Waals surface area contributed by atoms with Crippen LogP contribution in [0.15, 0.2) is 42.9 Å². The normalized spacial score (nSPS) is 17.3. The van der Waals surface area contributed by atoms with Crippen molar-refractivity contribution in [1.29, 1.82) is 0 Å². The van der Waals surface area contributed by atoms with E-state index in [1.807, 2.05) is 41.8 Å². The van der Waals surface area contributed by atoms with Crippen LogP contribution in [0.1, 0.15) is 29.0 Å². The number of hydrogen-bond donors (Lipinski definition) is 0. The molecule has 23 heavy (non-hydrogen) atoms. The Morgan fingerprint density at radius 2 is 2.13 bits per heavy atom. The van der Waals surface area contributed by atoms with Crippen LogP contribution >= 0.6 is 0 Å². The highest BCUT2D eigenvalue weighted by molar-refractivity contribution is 5.87. The smallest absolute Gasteiger partial charge is 0.356 e. The quantitative estimate of drug-likeness (QED) is 0.763. The highest BCUT2D eigenvalue weighted by Crippen LogP contribution is 2.23. The first-order valence-corrected chi connectivity index (χ1v) is 7.52. The molecule has 0 aliphatic carbocycles. The van der Waals surface area contributed by atoms with Crippen molar-refractivity contribution in [3.05, 3.63) is 54.1 Å². The van der Waals surface area contributed by atoms with E-state index < -0.39 is 11.6 Å². The lowest BCUT2D eigenvalue weighted by Gasteiger charge is -2.39. The van der Waals surface area contributed by atoms with Crippen molar-refractivity contribution in [3.8, 4) is 0 Å². The summed E-state index contributed by atoms with van der Waals surface area (Å²) >= 11 is 0. The largest absolute Gasteiger partial charge is 0.458 e. The van der Waals surface area contributed by atoms with Gasteiger partial charge in [0.25, 0.3) is 0 Å². The number of hydrogen-bond acceptors (Lipinski definition) is 5. The van der Waals surface area contributed by atoms with Gasteiger partial charge in [-0.2, -0.15) is 0 Å². The Bertz CT molecular complexity index is 659. The predicted molar refractivity (Wildman–Crippen MR) is 83.3 cm³/mol. The number of carbonyl (C=O) groups is 1. The number of esters is 1. The van der Waals surface area contributed by atoms with Crippen molar-refractivity contribution in [2.24, 2.45) is 0 Å². The van der Waals surface area contributed by atoms with Crippen LogP contribution in [0, 0.1) is 0 Å². The number of methoxy groups -OCH3 is 1. The van der Waals surface area contributed by atoms with Crippen molar-refractivity contribution >= 4 is 5.97 Å². The summed E-state index contributed by atoms with van der Waals surface area (Å²) in [5.41, 5.74) is 1.01. The summed E-state index contributed by atoms with van der Waals surface area (Å²) in [4.78, 5) is 16.5. The number of nitrogens with zero attached hydrogens (tertiary/aromatic N) is 2. The molecule has 1 unspecified atom stereocenters. The van der Waals surface area contributed by atoms with Gasteiger partial charge in [0.05, 0.1) is 31.8 Å². The average molecular weight is 316 g/mol. The van der Waals surface area contributed by atoms with E-state index in [-0.39, 0.29) is 12.6 Å². The summed E-state index contributed by atoms with van der Waals surface area (Å²) in [5, 5.41) is 0. The molecule has 0 bridgehead atoms. The predicted octanol–water partition coefficient (Wildman–Crippen LogP) is 2.06. The zero-order chi connectivity index (χ0) is 16.3. The molecule has 6 nitrogen and oxygen atoms in total. The number of carbonyl (C=O) groups excluding carboxylic acids is 1. The van der Waals surface area contributed by atoms with Crippen LogP contribution in [-0.2, 0) is 14.2 Å². The van der Waals surface area contributed by atoms with E-state index in [1.54, 1.807) is 13.4 Å². The number of benzene rings is 1. The molecule has 2 heterocycles. The average Bonchev–Trinajstić information content (AvgIpc) is 3.04. The van der Waals surface area contributed by atoms with Gasteiger partial charge in [0, 0.05) is 7.11 Å². The molecule has 1 fully saturated rings. The van der Waals surface area contributed by atoms with Gasteiger partial charge in [0.15, 0.2) is 0 Å². The maximum absolute atomic E-state index is 12.4. The third kappa shape index (κ3) is 3.13. The lowest BCUT2D eigenvalue weighted by Crippen LogP contribution is -2.55. The summed E-state index contributed by atoms with van der Waals surface area (Å²) in [6.45, 7) is 3.07. The minimum absolute atomic E-state index is 0.00956. The van der Waals surface area contributed by atoms with Gasteiger partial charge in [-0.1, -0.05) is 30.3 Å². The van der Waals surface area contributed by atoms with Crippen molar-refractivity contribution in [2.75, 3.05) is 26.9 Å². The second-order valence-electron chi connectivity index (χ2n) is 5.73. The SMILES string of the molecule is COC1(COC(=O)c2cncn2C(C)c2ccccc2)COC1. The molecule has 1 aromatic heterocycles. The highest BCUT2D eigenvalue weighted by atomic mass is 16.6. The van der Waals surface area contributed by atoms with E-state index >= 15 is 0 Å². The molecule has 0 radical (unpaired) electrons. The summed E-state index contributed by atoms with van der Waals surface area (Å²) in [6.07, 6.45) is 3.17. The Morgan fingerprint density at radius 3 is 2.74 bits per heavy atom. The third-order valence-electron chi connectivity index (χ3n) is 4.20. The van der Waals surface area contributed by atoms with E-state index in [9.17, 15) is 4.79 Å². The Morgan fingerprint density at radius 1 is 1.39 bits per heavy atom. The van der Waals surface area contributed by atoms with Crippen LogP contribution in [0.25, 0.3) is 0 Å². The van der Waals surface area contributed by atoms with Crippen LogP contribution < -0.4 is 0 Å². The Balaban J connectivity index is 1.71. The summed E-state index contributed by atoms with van der Waals surface area (Å²) in [5.74, 6) is -0.409. The van der Waals surface area contributed by atoms with Crippen LogP contribution in [-0.4, -0.2) is 48.1 Å². The molecule has 0 amide bonds. The molecule has 0 N–H and O–H groups in total.